The number of hydrogen-bond acceptors (Lipinski definition) is 6. The van der Waals surface area contributed by atoms with Crippen LogP contribution in [-0.2, 0) is 30.9 Å². The van der Waals surface area contributed by atoms with E-state index in [0.29, 0.717) is 12.2 Å². The van der Waals surface area contributed by atoms with E-state index in [-0.39, 0.29) is 29.4 Å². The monoisotopic (exact) mass is 561 g/mol. The molecule has 0 fully saturated rings. The van der Waals surface area contributed by atoms with E-state index in [9.17, 15) is 26.8 Å². The van der Waals surface area contributed by atoms with Crippen molar-refractivity contribution < 1.29 is 36.3 Å². The molecule has 9 nitrogen and oxygen atoms in total. The van der Waals surface area contributed by atoms with Crippen molar-refractivity contribution in [2.45, 2.75) is 24.4 Å². The van der Waals surface area contributed by atoms with Crippen molar-refractivity contribution in [1.82, 2.24) is 10.2 Å². The average Bonchev–Trinajstić information content (AvgIpc) is 2.92. The second-order valence-corrected chi connectivity index (χ2v) is 10.2. The molecule has 39 heavy (non-hydrogen) atoms. The van der Waals surface area contributed by atoms with Gasteiger partial charge in [-0.05, 0) is 73.2 Å². The number of halogens is 2. The number of hydrogen-bond donors (Lipinski definition) is 2. The van der Waals surface area contributed by atoms with E-state index in [1.54, 1.807) is 6.92 Å². The van der Waals surface area contributed by atoms with Crippen LogP contribution in [0.5, 0.6) is 5.75 Å². The largest absolute Gasteiger partial charge is 0.484 e. The molecule has 0 spiro atoms. The van der Waals surface area contributed by atoms with Gasteiger partial charge in [0, 0.05) is 25.9 Å². The Morgan fingerprint density at radius 3 is 2.10 bits per heavy atom. The lowest BCUT2D eigenvalue weighted by Crippen LogP contribution is -2.49. The predicted molar refractivity (Wildman–Crippen MR) is 140 cm³/mol. The number of carbonyl (C=O) groups is 2. The Kier molecular flexibility index (Phi) is 10.4. The summed E-state index contributed by atoms with van der Waals surface area (Å²) < 4.78 is 64.5. The molecule has 0 bridgehead atoms. The first-order chi connectivity index (χ1) is 18.6. The number of sulfonamides is 1. The normalized spacial score (nSPS) is 11.9. The molecule has 3 rings (SSSR count). The summed E-state index contributed by atoms with van der Waals surface area (Å²) in [7, 11) is -2.44. The van der Waals surface area contributed by atoms with Crippen LogP contribution in [0.25, 0.3) is 0 Å². The second-order valence-electron chi connectivity index (χ2n) is 8.48. The highest BCUT2D eigenvalue weighted by Gasteiger charge is 2.26. The number of methoxy groups -OCH3 is 1. The minimum atomic E-state index is -3.94. The SMILES string of the molecule is COCCNC(=O)C(C)N(Cc1ccc(F)cc1)C(=O)COc1ccc(S(=O)(=O)Nc2ccc(F)cc2)cc1. The van der Waals surface area contributed by atoms with E-state index in [0.717, 1.165) is 12.1 Å². The Balaban J connectivity index is 1.67. The van der Waals surface area contributed by atoms with Gasteiger partial charge in [-0.1, -0.05) is 12.1 Å². The van der Waals surface area contributed by atoms with Crippen LogP contribution in [0.4, 0.5) is 14.5 Å². The highest BCUT2D eigenvalue weighted by molar-refractivity contribution is 7.92. The van der Waals surface area contributed by atoms with Gasteiger partial charge in [-0.15, -0.1) is 0 Å². The van der Waals surface area contributed by atoms with Gasteiger partial charge in [0.15, 0.2) is 6.61 Å². The summed E-state index contributed by atoms with van der Waals surface area (Å²) in [6.45, 7) is 1.74. The molecule has 3 aromatic rings. The lowest BCUT2D eigenvalue weighted by atomic mass is 10.1. The number of benzene rings is 3. The maximum absolute atomic E-state index is 13.3. The molecule has 0 radical (unpaired) electrons. The van der Waals surface area contributed by atoms with E-state index in [2.05, 4.69) is 10.0 Å². The Morgan fingerprint density at radius 2 is 1.51 bits per heavy atom. The summed E-state index contributed by atoms with van der Waals surface area (Å²) in [4.78, 5) is 27.0. The van der Waals surface area contributed by atoms with Crippen molar-refractivity contribution in [3.8, 4) is 5.75 Å². The van der Waals surface area contributed by atoms with Gasteiger partial charge in [-0.25, -0.2) is 17.2 Å². The molecule has 0 heterocycles. The first-order valence-electron chi connectivity index (χ1n) is 11.9. The van der Waals surface area contributed by atoms with Crippen molar-refractivity contribution in [3.05, 3.63) is 90.0 Å². The average molecular weight is 562 g/mol. The standard InChI is InChI=1S/C27H29F2N3O6S/c1-19(27(34)30-15-16-37-2)32(17-20-3-5-21(28)6-4-20)26(33)18-38-24-11-13-25(14-12-24)39(35,36)31-23-9-7-22(29)8-10-23/h3-14,19,31H,15-18H2,1-2H3,(H,30,34). The molecule has 3 aromatic carbocycles. The fraction of sp³-hybridized carbons (Fsp3) is 0.259. The minimum absolute atomic E-state index is 0.0353. The van der Waals surface area contributed by atoms with Crippen molar-refractivity contribution in [2.75, 3.05) is 31.6 Å². The van der Waals surface area contributed by atoms with Gasteiger partial charge in [0.2, 0.25) is 5.91 Å². The van der Waals surface area contributed by atoms with E-state index < -0.39 is 46.1 Å². The van der Waals surface area contributed by atoms with Crippen LogP contribution >= 0.6 is 0 Å². The van der Waals surface area contributed by atoms with Crippen LogP contribution < -0.4 is 14.8 Å². The first kappa shape index (κ1) is 29.5. The summed E-state index contributed by atoms with van der Waals surface area (Å²) in [5.41, 5.74) is 0.813. The number of amides is 2. The number of nitrogens with zero attached hydrogens (tertiary/aromatic N) is 1. The zero-order valence-electron chi connectivity index (χ0n) is 21.4. The second kappa shape index (κ2) is 13.7. The van der Waals surface area contributed by atoms with Gasteiger partial charge < -0.3 is 19.7 Å². The van der Waals surface area contributed by atoms with Gasteiger partial charge >= 0.3 is 0 Å². The summed E-state index contributed by atoms with van der Waals surface area (Å²) in [5.74, 6) is -1.60. The highest BCUT2D eigenvalue weighted by Crippen LogP contribution is 2.20. The number of rotatable bonds is 13. The fourth-order valence-electron chi connectivity index (χ4n) is 3.47. The van der Waals surface area contributed by atoms with E-state index in [1.807, 2.05) is 0 Å². The smallest absolute Gasteiger partial charge is 0.261 e. The van der Waals surface area contributed by atoms with Crippen LogP contribution in [0.15, 0.2) is 77.7 Å². The molecule has 0 aliphatic carbocycles. The third kappa shape index (κ3) is 8.76. The highest BCUT2D eigenvalue weighted by atomic mass is 32.2. The molecule has 2 amide bonds. The number of anilines is 1. The Hall–Kier alpha value is -4.03. The van der Waals surface area contributed by atoms with Crippen molar-refractivity contribution >= 4 is 27.5 Å². The topological polar surface area (TPSA) is 114 Å². The number of ether oxygens (including phenoxy) is 2. The molecule has 1 unspecified atom stereocenters. The van der Waals surface area contributed by atoms with Crippen LogP contribution in [0.1, 0.15) is 12.5 Å². The molecule has 0 aliphatic rings. The maximum atomic E-state index is 13.3. The summed E-state index contributed by atoms with van der Waals surface area (Å²) >= 11 is 0. The Morgan fingerprint density at radius 1 is 0.923 bits per heavy atom. The molecule has 0 aliphatic heterocycles. The first-order valence-corrected chi connectivity index (χ1v) is 13.4. The maximum Gasteiger partial charge on any atom is 0.261 e. The fourth-order valence-corrected chi connectivity index (χ4v) is 4.53. The van der Waals surface area contributed by atoms with Crippen LogP contribution in [0.2, 0.25) is 0 Å². The molecule has 0 saturated carbocycles. The van der Waals surface area contributed by atoms with Gasteiger partial charge in [0.05, 0.1) is 11.5 Å². The van der Waals surface area contributed by atoms with Crippen LogP contribution in [-0.4, -0.2) is 58.0 Å². The molecule has 1 atom stereocenters. The Bertz CT molecular complexity index is 1350. The lowest BCUT2D eigenvalue weighted by Gasteiger charge is -2.28. The molecule has 2 N–H and O–H groups in total. The van der Waals surface area contributed by atoms with Gasteiger partial charge in [0.1, 0.15) is 23.4 Å². The predicted octanol–water partition coefficient (Wildman–Crippen LogP) is 3.32. The number of nitrogens with one attached hydrogen (secondary N) is 2. The van der Waals surface area contributed by atoms with Crippen LogP contribution in [0.3, 0.4) is 0 Å². The third-order valence-corrected chi connectivity index (χ3v) is 7.03. The molecule has 0 aromatic heterocycles. The third-order valence-electron chi connectivity index (χ3n) is 5.63. The number of carbonyl (C=O) groups excluding carboxylic acids is 2. The zero-order valence-corrected chi connectivity index (χ0v) is 22.2. The zero-order chi connectivity index (χ0) is 28.4. The molecule has 12 heteroatoms. The van der Waals surface area contributed by atoms with Crippen molar-refractivity contribution in [3.63, 3.8) is 0 Å². The van der Waals surface area contributed by atoms with Crippen molar-refractivity contribution in [2.24, 2.45) is 0 Å². The summed E-state index contributed by atoms with van der Waals surface area (Å²) in [6, 6.07) is 14.9. The van der Waals surface area contributed by atoms with E-state index >= 15 is 0 Å². The molecule has 208 valence electrons. The van der Waals surface area contributed by atoms with Crippen molar-refractivity contribution in [1.29, 1.82) is 0 Å². The summed E-state index contributed by atoms with van der Waals surface area (Å²) in [6.07, 6.45) is 0. The Labute approximate surface area is 225 Å². The van der Waals surface area contributed by atoms with E-state index in [1.165, 1.54) is 72.7 Å². The van der Waals surface area contributed by atoms with Crippen LogP contribution in [0, 0.1) is 11.6 Å². The molecular formula is C27H29F2N3O6S. The molecule has 0 saturated heterocycles. The molecular weight excluding hydrogens is 532 g/mol. The van der Waals surface area contributed by atoms with E-state index in [4.69, 9.17) is 9.47 Å². The lowest BCUT2D eigenvalue weighted by molar-refractivity contribution is -0.142. The minimum Gasteiger partial charge on any atom is -0.484 e. The van der Waals surface area contributed by atoms with Gasteiger partial charge in [0.25, 0.3) is 15.9 Å². The summed E-state index contributed by atoms with van der Waals surface area (Å²) in [5, 5.41) is 2.69. The quantitative estimate of drug-likeness (QED) is 0.310. The van der Waals surface area contributed by atoms with Gasteiger partial charge in [-0.2, -0.15) is 0 Å². The van der Waals surface area contributed by atoms with Gasteiger partial charge in [-0.3, -0.25) is 14.3 Å².